The van der Waals surface area contributed by atoms with E-state index >= 15 is 0 Å². The minimum atomic E-state index is -0.876. The Morgan fingerprint density at radius 3 is 2.27 bits per heavy atom. The van der Waals surface area contributed by atoms with Gasteiger partial charge in [0.25, 0.3) is 5.91 Å². The fourth-order valence-electron chi connectivity index (χ4n) is 4.02. The van der Waals surface area contributed by atoms with Crippen LogP contribution in [0.1, 0.15) is 24.2 Å². The molecule has 1 fully saturated rings. The molecule has 0 aliphatic carbocycles. The summed E-state index contributed by atoms with van der Waals surface area (Å²) in [5.41, 5.74) is 1.97. The first-order valence-corrected chi connectivity index (χ1v) is 12.6. The van der Waals surface area contributed by atoms with E-state index in [0.717, 1.165) is 11.1 Å². The second kappa shape index (κ2) is 11.8. The molecule has 0 unspecified atom stereocenters. The smallest absolute Gasteiger partial charge is 0.408 e. The molecule has 2 amide bonds. The molecule has 4 rings (SSSR count). The number of rotatable bonds is 9. The van der Waals surface area contributed by atoms with Crippen molar-refractivity contribution in [3.8, 4) is 0 Å². The molecule has 0 saturated carbocycles. The summed E-state index contributed by atoms with van der Waals surface area (Å²) in [6.07, 6.45) is -0.0761. The zero-order valence-corrected chi connectivity index (χ0v) is 20.9. The van der Waals surface area contributed by atoms with Crippen LogP contribution in [-0.4, -0.2) is 59.2 Å². The third-order valence-corrected chi connectivity index (χ3v) is 7.07. The summed E-state index contributed by atoms with van der Waals surface area (Å²) in [5.74, 6) is -1.44. The maximum Gasteiger partial charge on any atom is 0.408 e. The van der Waals surface area contributed by atoms with Gasteiger partial charge in [-0.1, -0.05) is 73.3 Å². The normalized spacial score (nSPS) is 18.4. The van der Waals surface area contributed by atoms with Crippen LogP contribution in [-0.2, 0) is 28.6 Å². The number of amides is 2. The minimum absolute atomic E-state index is 0.00135. The molecule has 0 bridgehead atoms. The lowest BCUT2D eigenvalue weighted by Gasteiger charge is -2.49. The summed E-state index contributed by atoms with van der Waals surface area (Å²) in [5, 5.41) is 1.99. The van der Waals surface area contributed by atoms with Crippen molar-refractivity contribution in [3.05, 3.63) is 95.7 Å². The predicted molar refractivity (Wildman–Crippen MR) is 136 cm³/mol. The van der Waals surface area contributed by atoms with Gasteiger partial charge in [-0.25, -0.2) is 9.59 Å². The Balaban J connectivity index is 1.62. The average molecular weight is 523 g/mol. The van der Waals surface area contributed by atoms with Crippen LogP contribution in [0.5, 0.6) is 0 Å². The van der Waals surface area contributed by atoms with Gasteiger partial charge >= 0.3 is 18.0 Å². The zero-order chi connectivity index (χ0) is 26.4. The minimum Gasteiger partial charge on any atom is -0.461 e. The van der Waals surface area contributed by atoms with Gasteiger partial charge in [0.15, 0.2) is 6.10 Å². The van der Waals surface area contributed by atoms with Crippen molar-refractivity contribution in [2.75, 3.05) is 19.0 Å². The lowest BCUT2D eigenvalue weighted by atomic mass is 10.0. The molecule has 0 radical (unpaired) electrons. The molecule has 0 spiro atoms. The third-order valence-electron chi connectivity index (χ3n) is 5.73. The molecule has 37 heavy (non-hydrogen) atoms. The monoisotopic (exact) mass is 522 g/mol. The van der Waals surface area contributed by atoms with Crippen LogP contribution < -0.4 is 5.32 Å². The van der Waals surface area contributed by atoms with E-state index in [-0.39, 0.29) is 18.9 Å². The molecular weight excluding hydrogens is 496 g/mol. The van der Waals surface area contributed by atoms with E-state index in [9.17, 15) is 19.2 Å². The fraction of sp³-hybridized carbons (Fsp3) is 0.259. The zero-order valence-electron chi connectivity index (χ0n) is 20.1. The number of nitrogens with one attached hydrogen (secondary N) is 1. The van der Waals surface area contributed by atoms with Crippen molar-refractivity contribution in [3.63, 3.8) is 0 Å². The number of ether oxygens (including phenoxy) is 3. The summed E-state index contributed by atoms with van der Waals surface area (Å²) in [6, 6.07) is 17.6. The number of β-lactam (4-membered cyclic amide) rings is 1. The second-order valence-corrected chi connectivity index (χ2v) is 9.36. The van der Waals surface area contributed by atoms with Crippen molar-refractivity contribution < 1.29 is 33.4 Å². The molecule has 2 heterocycles. The third kappa shape index (κ3) is 5.86. The van der Waals surface area contributed by atoms with Crippen LogP contribution in [0.25, 0.3) is 0 Å². The Labute approximate surface area is 218 Å². The van der Waals surface area contributed by atoms with Gasteiger partial charge in [0.2, 0.25) is 0 Å². The predicted octanol–water partition coefficient (Wildman–Crippen LogP) is 3.33. The van der Waals surface area contributed by atoms with Crippen LogP contribution in [0.2, 0.25) is 0 Å². The van der Waals surface area contributed by atoms with Crippen molar-refractivity contribution >= 4 is 35.7 Å². The van der Waals surface area contributed by atoms with E-state index < -0.39 is 41.5 Å². The highest BCUT2D eigenvalue weighted by atomic mass is 32.2. The molecule has 0 aromatic heterocycles. The molecule has 2 atom stereocenters. The lowest BCUT2D eigenvalue weighted by molar-refractivity contribution is -0.154. The van der Waals surface area contributed by atoms with Gasteiger partial charge in [-0.15, -0.1) is 11.8 Å². The van der Waals surface area contributed by atoms with Crippen LogP contribution in [0.3, 0.4) is 0 Å². The van der Waals surface area contributed by atoms with Gasteiger partial charge in [0, 0.05) is 18.2 Å². The Morgan fingerprint density at radius 2 is 1.70 bits per heavy atom. The molecule has 2 aromatic carbocycles. The van der Waals surface area contributed by atoms with Crippen molar-refractivity contribution in [2.45, 2.75) is 24.4 Å². The van der Waals surface area contributed by atoms with Crippen molar-refractivity contribution in [1.82, 2.24) is 10.2 Å². The van der Waals surface area contributed by atoms with Gasteiger partial charge < -0.3 is 19.5 Å². The van der Waals surface area contributed by atoms with Crippen LogP contribution in [0.4, 0.5) is 4.79 Å². The quantitative estimate of drug-likeness (QED) is 0.231. The standard InChI is InChI=1S/C27H26N2O7S/c1-3-14-34-27(33)28-21-24(31)29-22(20(15-35-17(2)30)16-37-25(21)29)26(32)36-23(18-10-6-4-7-11-18)19-12-8-5-9-13-19/h3-13,21,23,25H,1,14-16H2,2H3,(H,28,33)/t21-,25-/m1/s1. The average Bonchev–Trinajstić information content (AvgIpc) is 2.92. The maximum atomic E-state index is 13.7. The highest BCUT2D eigenvalue weighted by Crippen LogP contribution is 2.41. The van der Waals surface area contributed by atoms with Gasteiger partial charge in [-0.05, 0) is 11.1 Å². The lowest BCUT2D eigenvalue weighted by Crippen LogP contribution is -2.70. The van der Waals surface area contributed by atoms with Gasteiger partial charge in [-0.3, -0.25) is 14.5 Å². The van der Waals surface area contributed by atoms with E-state index in [4.69, 9.17) is 14.2 Å². The molecule has 9 nitrogen and oxygen atoms in total. The van der Waals surface area contributed by atoms with E-state index in [0.29, 0.717) is 11.3 Å². The number of esters is 2. The number of hydrogen-bond acceptors (Lipinski definition) is 8. The Hall–Kier alpha value is -4.05. The number of carbonyl (C=O) groups is 4. The highest BCUT2D eigenvalue weighted by Gasteiger charge is 2.55. The number of nitrogens with zero attached hydrogens (tertiary/aromatic N) is 1. The molecule has 1 N–H and O–H groups in total. The fourth-order valence-corrected chi connectivity index (χ4v) is 5.35. The summed E-state index contributed by atoms with van der Waals surface area (Å²) < 4.78 is 16.1. The Kier molecular flexibility index (Phi) is 8.29. The Morgan fingerprint density at radius 1 is 1.08 bits per heavy atom. The Bertz CT molecular complexity index is 1180. The number of alkyl carbamates (subject to hydrolysis) is 1. The molecule has 2 aliphatic heterocycles. The van der Waals surface area contributed by atoms with E-state index in [1.165, 1.54) is 29.7 Å². The highest BCUT2D eigenvalue weighted by molar-refractivity contribution is 8.00. The topological polar surface area (TPSA) is 111 Å². The van der Waals surface area contributed by atoms with Gasteiger partial charge in [0.05, 0.1) is 0 Å². The van der Waals surface area contributed by atoms with Crippen molar-refractivity contribution in [1.29, 1.82) is 0 Å². The summed E-state index contributed by atoms with van der Waals surface area (Å²) in [6.45, 7) is 4.59. The largest absolute Gasteiger partial charge is 0.461 e. The molecular formula is C27H26N2O7S. The van der Waals surface area contributed by atoms with Crippen molar-refractivity contribution in [2.24, 2.45) is 0 Å². The molecule has 1 saturated heterocycles. The SMILES string of the molecule is C=CCOC(=O)N[C@@H]1C(=O)N2C(C(=O)OC(c3ccccc3)c3ccccc3)=C(COC(C)=O)CS[C@H]12. The molecule has 192 valence electrons. The molecule has 10 heteroatoms. The first-order valence-electron chi connectivity index (χ1n) is 11.6. The first kappa shape index (κ1) is 26.0. The number of carbonyl (C=O) groups excluding carboxylic acids is 4. The number of benzene rings is 2. The number of hydrogen-bond donors (Lipinski definition) is 1. The summed E-state index contributed by atoms with van der Waals surface area (Å²) >= 11 is 1.34. The van der Waals surface area contributed by atoms with Crippen LogP contribution in [0, 0.1) is 0 Å². The van der Waals surface area contributed by atoms with E-state index in [2.05, 4.69) is 11.9 Å². The van der Waals surface area contributed by atoms with Gasteiger partial charge in [0.1, 0.15) is 30.3 Å². The maximum absolute atomic E-state index is 13.7. The molecule has 2 aromatic rings. The summed E-state index contributed by atoms with van der Waals surface area (Å²) in [4.78, 5) is 51.6. The summed E-state index contributed by atoms with van der Waals surface area (Å²) in [7, 11) is 0. The van der Waals surface area contributed by atoms with E-state index in [1.807, 2.05) is 60.7 Å². The van der Waals surface area contributed by atoms with Crippen LogP contribution in [0.15, 0.2) is 84.6 Å². The first-order chi connectivity index (χ1) is 17.9. The number of thioether (sulfide) groups is 1. The van der Waals surface area contributed by atoms with Crippen LogP contribution >= 0.6 is 11.8 Å². The van der Waals surface area contributed by atoms with E-state index in [1.54, 1.807) is 0 Å². The number of fused-ring (bicyclic) bond motifs is 1. The second-order valence-electron chi connectivity index (χ2n) is 8.26. The van der Waals surface area contributed by atoms with Gasteiger partial charge in [-0.2, -0.15) is 0 Å². The molecule has 2 aliphatic rings.